The molecular weight excluding hydrogens is 382 g/mol. The summed E-state index contributed by atoms with van der Waals surface area (Å²) in [5.74, 6) is 6.61. The molecule has 2 aromatic carbocycles. The monoisotopic (exact) mass is 399 g/mol. The number of methoxy groups -OCH3 is 1. The predicted octanol–water partition coefficient (Wildman–Crippen LogP) is 4.40. The van der Waals surface area contributed by atoms with E-state index in [0.717, 1.165) is 5.56 Å². The van der Waals surface area contributed by atoms with Crippen LogP contribution in [-0.2, 0) is 10.0 Å². The molecule has 0 aliphatic rings. The number of benzene rings is 2. The number of aromatic nitrogens is 1. The Morgan fingerprint density at radius 3 is 2.00 bits per heavy atom. The van der Waals surface area contributed by atoms with Gasteiger partial charge in [-0.05, 0) is 68.4 Å². The largest absolute Gasteiger partial charge is 0.495 e. The van der Waals surface area contributed by atoms with Crippen molar-refractivity contribution in [1.29, 1.82) is 0 Å². The Morgan fingerprint density at radius 1 is 0.889 bits per heavy atom. The Labute approximate surface area is 164 Å². The third-order valence-corrected chi connectivity index (χ3v) is 6.32. The summed E-state index contributed by atoms with van der Waals surface area (Å²) < 4.78 is 32.1. The van der Waals surface area contributed by atoms with Gasteiger partial charge < -0.3 is 4.74 Å². The first-order chi connectivity index (χ1) is 12.8. The Hall–Kier alpha value is -2.68. The van der Waals surface area contributed by atoms with Gasteiger partial charge in [-0.2, -0.15) is 0 Å². The normalized spacial score (nSPS) is 11.0. The Balaban J connectivity index is 1.88. The smallest absolute Gasteiger partial charge is 0.268 e. The second-order valence-electron chi connectivity index (χ2n) is 6.01. The van der Waals surface area contributed by atoms with Crippen molar-refractivity contribution >= 4 is 21.6 Å². The molecule has 0 unspecified atom stereocenters. The maximum absolute atomic E-state index is 12.8. The summed E-state index contributed by atoms with van der Waals surface area (Å²) in [6.45, 7) is 3.54. The van der Waals surface area contributed by atoms with Gasteiger partial charge in [0.05, 0.1) is 17.0 Å². The summed E-state index contributed by atoms with van der Waals surface area (Å²) in [4.78, 5) is 0.225. The average molecular weight is 400 g/mol. The maximum atomic E-state index is 12.8. The molecule has 0 N–H and O–H groups in total. The molecular formula is C21H18ClNO3S. The van der Waals surface area contributed by atoms with Gasteiger partial charge in [0.2, 0.25) is 0 Å². The second kappa shape index (κ2) is 7.51. The fraction of sp³-hybridized carbons (Fsp3) is 0.143. The molecule has 3 rings (SSSR count). The fourth-order valence-electron chi connectivity index (χ4n) is 2.74. The Bertz CT molecular complexity index is 1130. The summed E-state index contributed by atoms with van der Waals surface area (Å²) in [5, 5.41) is 0.489. The van der Waals surface area contributed by atoms with E-state index in [4.69, 9.17) is 16.3 Å². The van der Waals surface area contributed by atoms with Crippen molar-refractivity contribution in [2.45, 2.75) is 18.7 Å². The average Bonchev–Trinajstić information content (AvgIpc) is 2.99. The number of rotatable bonds is 3. The standard InChI is InChI=1S/C21H18ClNO3S/c1-15-4-5-16(2)23(15)27(24,25)19-11-8-17(9-12-19)6-7-18-10-13-21(26-3)20(22)14-18/h4-5,8-14H,1-3H3. The molecule has 0 spiro atoms. The molecule has 0 radical (unpaired) electrons. The SMILES string of the molecule is COc1ccc(C#Cc2ccc(S(=O)(=O)n3c(C)ccc3C)cc2)cc1Cl. The van der Waals surface area contributed by atoms with Crippen LogP contribution in [0.3, 0.4) is 0 Å². The first-order valence-corrected chi connectivity index (χ1v) is 10.0. The molecule has 6 heteroatoms. The van der Waals surface area contributed by atoms with Crippen molar-refractivity contribution in [2.24, 2.45) is 0 Å². The van der Waals surface area contributed by atoms with E-state index in [1.165, 1.54) is 3.97 Å². The van der Waals surface area contributed by atoms with E-state index in [2.05, 4.69) is 11.8 Å². The van der Waals surface area contributed by atoms with Gasteiger partial charge in [0.1, 0.15) is 5.75 Å². The maximum Gasteiger partial charge on any atom is 0.268 e. The van der Waals surface area contributed by atoms with E-state index >= 15 is 0 Å². The lowest BCUT2D eigenvalue weighted by Crippen LogP contribution is -2.15. The predicted molar refractivity (Wildman–Crippen MR) is 107 cm³/mol. The van der Waals surface area contributed by atoms with Crippen LogP contribution in [0.1, 0.15) is 22.5 Å². The van der Waals surface area contributed by atoms with Crippen LogP contribution in [0.5, 0.6) is 5.75 Å². The van der Waals surface area contributed by atoms with E-state index < -0.39 is 10.0 Å². The van der Waals surface area contributed by atoms with Gasteiger partial charge in [-0.15, -0.1) is 0 Å². The molecule has 0 aliphatic carbocycles. The van der Waals surface area contributed by atoms with E-state index in [0.29, 0.717) is 27.7 Å². The van der Waals surface area contributed by atoms with Crippen LogP contribution in [0.25, 0.3) is 0 Å². The van der Waals surface area contributed by atoms with Crippen LogP contribution < -0.4 is 4.74 Å². The molecule has 1 aromatic heterocycles. The van der Waals surface area contributed by atoms with Crippen molar-refractivity contribution in [2.75, 3.05) is 7.11 Å². The first-order valence-electron chi connectivity index (χ1n) is 8.19. The van der Waals surface area contributed by atoms with Gasteiger partial charge in [-0.25, -0.2) is 12.4 Å². The van der Waals surface area contributed by atoms with Crippen molar-refractivity contribution in [3.8, 4) is 17.6 Å². The van der Waals surface area contributed by atoms with Crippen molar-refractivity contribution < 1.29 is 13.2 Å². The highest BCUT2D eigenvalue weighted by molar-refractivity contribution is 7.90. The van der Waals surface area contributed by atoms with Gasteiger partial charge in [0.15, 0.2) is 0 Å². The number of ether oxygens (including phenoxy) is 1. The number of hydrogen-bond acceptors (Lipinski definition) is 3. The molecule has 4 nitrogen and oxygen atoms in total. The van der Waals surface area contributed by atoms with Gasteiger partial charge in [-0.3, -0.25) is 0 Å². The minimum atomic E-state index is -3.62. The van der Waals surface area contributed by atoms with E-state index in [9.17, 15) is 8.42 Å². The van der Waals surface area contributed by atoms with Gasteiger partial charge >= 0.3 is 0 Å². The van der Waals surface area contributed by atoms with Crippen LogP contribution in [0.2, 0.25) is 5.02 Å². The van der Waals surface area contributed by atoms with Crippen LogP contribution in [0.15, 0.2) is 59.5 Å². The van der Waals surface area contributed by atoms with E-state index in [1.807, 2.05) is 6.07 Å². The number of halogens is 1. The number of aryl methyl sites for hydroxylation is 2. The van der Waals surface area contributed by atoms with E-state index in [-0.39, 0.29) is 4.90 Å². The number of nitrogens with zero attached hydrogens (tertiary/aromatic N) is 1. The van der Waals surface area contributed by atoms with Crippen LogP contribution in [0, 0.1) is 25.7 Å². The summed E-state index contributed by atoms with van der Waals surface area (Å²) in [6.07, 6.45) is 0. The molecule has 0 saturated carbocycles. The Kier molecular flexibility index (Phi) is 5.31. The molecule has 27 heavy (non-hydrogen) atoms. The summed E-state index contributed by atoms with van der Waals surface area (Å²) in [6, 6.07) is 15.4. The number of hydrogen-bond donors (Lipinski definition) is 0. The third kappa shape index (κ3) is 3.87. The molecule has 0 saturated heterocycles. The van der Waals surface area contributed by atoms with Crippen LogP contribution >= 0.6 is 11.6 Å². The molecule has 3 aromatic rings. The van der Waals surface area contributed by atoms with Crippen molar-refractivity contribution in [3.63, 3.8) is 0 Å². The lowest BCUT2D eigenvalue weighted by Gasteiger charge is -2.10. The molecule has 0 aliphatic heterocycles. The van der Waals surface area contributed by atoms with E-state index in [1.54, 1.807) is 69.5 Å². The molecule has 1 heterocycles. The molecule has 138 valence electrons. The van der Waals surface area contributed by atoms with Gasteiger partial charge in [0, 0.05) is 22.5 Å². The molecule has 0 atom stereocenters. The lowest BCUT2D eigenvalue weighted by molar-refractivity contribution is 0.415. The van der Waals surface area contributed by atoms with Gasteiger partial charge in [0.25, 0.3) is 10.0 Å². The van der Waals surface area contributed by atoms with Gasteiger partial charge in [-0.1, -0.05) is 23.4 Å². The first kappa shape index (κ1) is 19.1. The zero-order chi connectivity index (χ0) is 19.6. The van der Waals surface area contributed by atoms with Crippen molar-refractivity contribution in [3.05, 3.63) is 82.1 Å². The lowest BCUT2D eigenvalue weighted by atomic mass is 10.2. The second-order valence-corrected chi connectivity index (χ2v) is 8.20. The van der Waals surface area contributed by atoms with Crippen molar-refractivity contribution in [1.82, 2.24) is 3.97 Å². The highest BCUT2D eigenvalue weighted by Crippen LogP contribution is 2.24. The summed E-state index contributed by atoms with van der Waals surface area (Å²) in [5.41, 5.74) is 2.80. The topological polar surface area (TPSA) is 48.3 Å². The summed E-state index contributed by atoms with van der Waals surface area (Å²) in [7, 11) is -2.06. The molecule has 0 amide bonds. The van der Waals surface area contributed by atoms with Crippen LogP contribution in [-0.4, -0.2) is 19.5 Å². The zero-order valence-electron chi connectivity index (χ0n) is 15.2. The highest BCUT2D eigenvalue weighted by Gasteiger charge is 2.19. The minimum Gasteiger partial charge on any atom is -0.495 e. The fourth-order valence-corrected chi connectivity index (χ4v) is 4.57. The summed E-state index contributed by atoms with van der Waals surface area (Å²) >= 11 is 6.09. The minimum absolute atomic E-state index is 0.225. The quantitative estimate of drug-likeness (QED) is 0.613. The molecule has 0 fully saturated rings. The third-order valence-electron chi connectivity index (χ3n) is 4.10. The Morgan fingerprint density at radius 2 is 1.44 bits per heavy atom. The zero-order valence-corrected chi connectivity index (χ0v) is 16.7. The van der Waals surface area contributed by atoms with Crippen LogP contribution in [0.4, 0.5) is 0 Å². The molecule has 0 bridgehead atoms. The highest BCUT2D eigenvalue weighted by atomic mass is 35.5.